The minimum atomic E-state index is -2.05. The fraction of sp³-hybridized carbons (Fsp3) is 0.421. The maximum atomic E-state index is 12.2. The van der Waals surface area contributed by atoms with Crippen LogP contribution in [-0.4, -0.2) is 53.2 Å². The number of hydrogen-bond donors (Lipinski definition) is 0. The van der Waals surface area contributed by atoms with Crippen molar-refractivity contribution in [2.75, 3.05) is 31.2 Å². The quantitative estimate of drug-likeness (QED) is 0.314. The number of hydrogen-bond acceptors (Lipinski definition) is 8. The number of nitrogens with zero attached hydrogens (tertiary/aromatic N) is 4. The number of esters is 2. The Morgan fingerprint density at radius 2 is 1.27 bits per heavy atom. The van der Waals surface area contributed by atoms with Crippen LogP contribution in [0.15, 0.2) is 24.3 Å². The van der Waals surface area contributed by atoms with Gasteiger partial charge in [0.25, 0.3) is 0 Å². The fourth-order valence-corrected chi connectivity index (χ4v) is 3.15. The molecule has 0 saturated carbocycles. The lowest BCUT2D eigenvalue weighted by Gasteiger charge is -2.25. The van der Waals surface area contributed by atoms with Gasteiger partial charge < -0.3 is 14.4 Å². The van der Waals surface area contributed by atoms with E-state index in [9.17, 15) is 9.59 Å². The average molecular weight is 579 g/mol. The van der Waals surface area contributed by atoms with Crippen LogP contribution in [0, 0.1) is 0 Å². The lowest BCUT2D eigenvalue weighted by molar-refractivity contribution is -0.142. The van der Waals surface area contributed by atoms with Crippen LogP contribution in [0.2, 0.25) is 0 Å². The van der Waals surface area contributed by atoms with E-state index in [4.69, 9.17) is 79.1 Å². The molecular weight excluding hydrogens is 561 g/mol. The molecule has 0 N–H and O–H groups in total. The number of carbonyl (C=O) groups is 2. The Morgan fingerprint density at radius 1 is 0.818 bits per heavy atom. The summed E-state index contributed by atoms with van der Waals surface area (Å²) in [7, 11) is 0. The summed E-state index contributed by atoms with van der Waals surface area (Å²) in [6.45, 7) is 3.15. The van der Waals surface area contributed by atoms with Crippen molar-refractivity contribution in [2.24, 2.45) is 0 Å². The predicted molar refractivity (Wildman–Crippen MR) is 129 cm³/mol. The summed E-state index contributed by atoms with van der Waals surface area (Å²) in [6.07, 6.45) is 0. The summed E-state index contributed by atoms with van der Waals surface area (Å²) in [5.74, 6) is -1.69. The molecule has 0 aliphatic rings. The molecule has 1 aromatic carbocycles. The first-order valence-electron chi connectivity index (χ1n) is 9.42. The monoisotopic (exact) mass is 576 g/mol. The van der Waals surface area contributed by atoms with Gasteiger partial charge in [-0.1, -0.05) is 81.7 Å². The smallest absolute Gasteiger partial charge is 0.325 e. The Kier molecular flexibility index (Phi) is 10.1. The highest BCUT2D eigenvalue weighted by molar-refractivity contribution is 6.67. The first-order chi connectivity index (χ1) is 15.4. The molecule has 2 aromatic rings. The molecule has 33 heavy (non-hydrogen) atoms. The summed E-state index contributed by atoms with van der Waals surface area (Å²) in [5.41, 5.74) is 0.731. The standard InChI is InChI=1S/C19H18Cl6N4O4/c1-3-32-13(30)9-29(10-14(31)33-4-2)12-8-6-5-7-11(12)15-26-16(18(20,21)22)28-17(27-15)19(23,24)25/h5-8H,3-4,9-10H2,1-2H3. The normalized spacial score (nSPS) is 11.8. The molecular formula is C19H18Cl6N4O4. The molecule has 0 spiro atoms. The number of anilines is 1. The van der Waals surface area contributed by atoms with Gasteiger partial charge in [-0.25, -0.2) is 15.0 Å². The largest absolute Gasteiger partial charge is 0.465 e. The van der Waals surface area contributed by atoms with E-state index >= 15 is 0 Å². The van der Waals surface area contributed by atoms with Crippen LogP contribution in [0.25, 0.3) is 11.4 Å². The Balaban J connectivity index is 2.65. The first-order valence-corrected chi connectivity index (χ1v) is 11.7. The van der Waals surface area contributed by atoms with Gasteiger partial charge in [-0.3, -0.25) is 9.59 Å². The van der Waals surface area contributed by atoms with Crippen LogP contribution in [0.1, 0.15) is 25.5 Å². The van der Waals surface area contributed by atoms with Gasteiger partial charge >= 0.3 is 11.9 Å². The van der Waals surface area contributed by atoms with Crippen molar-refractivity contribution in [3.63, 3.8) is 0 Å². The van der Waals surface area contributed by atoms with Crippen LogP contribution < -0.4 is 4.90 Å². The van der Waals surface area contributed by atoms with E-state index in [2.05, 4.69) is 15.0 Å². The van der Waals surface area contributed by atoms with Crippen molar-refractivity contribution in [3.05, 3.63) is 35.9 Å². The van der Waals surface area contributed by atoms with Crippen molar-refractivity contribution in [1.82, 2.24) is 15.0 Å². The van der Waals surface area contributed by atoms with E-state index in [0.29, 0.717) is 11.3 Å². The minimum absolute atomic E-state index is 0.0130. The molecule has 2 rings (SSSR count). The number of alkyl halides is 6. The molecule has 8 nitrogen and oxygen atoms in total. The third-order valence-corrected chi connectivity index (χ3v) is 4.89. The lowest BCUT2D eigenvalue weighted by Crippen LogP contribution is -2.36. The molecule has 1 heterocycles. The second-order valence-electron chi connectivity index (χ2n) is 6.29. The van der Waals surface area contributed by atoms with Crippen LogP contribution in [0.5, 0.6) is 0 Å². The third kappa shape index (κ3) is 8.16. The first kappa shape index (κ1) is 28.0. The van der Waals surface area contributed by atoms with Gasteiger partial charge in [-0.05, 0) is 26.0 Å². The van der Waals surface area contributed by atoms with E-state index in [-0.39, 0.29) is 43.8 Å². The van der Waals surface area contributed by atoms with Crippen molar-refractivity contribution in [2.45, 2.75) is 21.4 Å². The van der Waals surface area contributed by atoms with Crippen molar-refractivity contribution >= 4 is 87.2 Å². The van der Waals surface area contributed by atoms with Crippen LogP contribution in [-0.2, 0) is 26.6 Å². The van der Waals surface area contributed by atoms with Gasteiger partial charge in [0.2, 0.25) is 7.59 Å². The van der Waals surface area contributed by atoms with Gasteiger partial charge in [0.15, 0.2) is 17.5 Å². The lowest BCUT2D eigenvalue weighted by atomic mass is 10.1. The van der Waals surface area contributed by atoms with E-state index in [1.807, 2.05) is 0 Å². The number of benzene rings is 1. The van der Waals surface area contributed by atoms with Gasteiger partial charge in [0.05, 0.1) is 13.2 Å². The minimum Gasteiger partial charge on any atom is -0.465 e. The zero-order valence-electron chi connectivity index (χ0n) is 17.3. The summed E-state index contributed by atoms with van der Waals surface area (Å²) in [6, 6.07) is 6.63. The van der Waals surface area contributed by atoms with E-state index in [0.717, 1.165) is 0 Å². The summed E-state index contributed by atoms with van der Waals surface area (Å²) < 4.78 is 5.96. The van der Waals surface area contributed by atoms with Gasteiger partial charge in [0, 0.05) is 11.3 Å². The number of ether oxygens (including phenoxy) is 2. The highest BCUT2D eigenvalue weighted by atomic mass is 35.6. The third-order valence-electron chi connectivity index (χ3n) is 3.88. The summed E-state index contributed by atoms with van der Waals surface area (Å²) in [4.78, 5) is 38.3. The maximum absolute atomic E-state index is 12.2. The Labute approximate surface area is 220 Å². The molecule has 0 radical (unpaired) electrons. The molecule has 0 saturated heterocycles. The molecule has 14 heteroatoms. The Bertz CT molecular complexity index is 945. The molecule has 0 amide bonds. The van der Waals surface area contributed by atoms with Gasteiger partial charge in [-0.15, -0.1) is 0 Å². The van der Waals surface area contributed by atoms with Gasteiger partial charge in [-0.2, -0.15) is 0 Å². The van der Waals surface area contributed by atoms with Crippen LogP contribution in [0.3, 0.4) is 0 Å². The summed E-state index contributed by atoms with van der Waals surface area (Å²) >= 11 is 35.8. The predicted octanol–water partition coefficient (Wildman–Crippen LogP) is 5.12. The molecule has 0 unspecified atom stereocenters. The fourth-order valence-electron chi connectivity index (χ4n) is 2.64. The Morgan fingerprint density at radius 3 is 1.70 bits per heavy atom. The van der Waals surface area contributed by atoms with E-state index in [1.54, 1.807) is 38.1 Å². The average Bonchev–Trinajstić information content (AvgIpc) is 2.72. The zero-order chi connectivity index (χ0) is 24.8. The molecule has 0 atom stereocenters. The van der Waals surface area contributed by atoms with E-state index in [1.165, 1.54) is 4.90 Å². The number of aromatic nitrogens is 3. The topological polar surface area (TPSA) is 94.5 Å². The second kappa shape index (κ2) is 11.9. The molecule has 0 bridgehead atoms. The molecule has 1 aromatic heterocycles. The SMILES string of the molecule is CCOC(=O)CN(CC(=O)OCC)c1ccccc1-c1nc(C(Cl)(Cl)Cl)nc(C(Cl)(Cl)Cl)n1. The van der Waals surface area contributed by atoms with Crippen molar-refractivity contribution in [1.29, 1.82) is 0 Å². The molecule has 180 valence electrons. The van der Waals surface area contributed by atoms with E-state index < -0.39 is 19.5 Å². The number of rotatable bonds is 8. The second-order valence-corrected chi connectivity index (χ2v) is 10.8. The maximum Gasteiger partial charge on any atom is 0.325 e. The van der Waals surface area contributed by atoms with Crippen LogP contribution >= 0.6 is 69.6 Å². The molecule has 0 aliphatic carbocycles. The Hall–Kier alpha value is -1.29. The highest BCUT2D eigenvalue weighted by Gasteiger charge is 2.34. The number of halogens is 6. The van der Waals surface area contributed by atoms with Crippen LogP contribution in [0.4, 0.5) is 5.69 Å². The number of para-hydroxylation sites is 1. The molecule has 0 fully saturated rings. The highest BCUT2D eigenvalue weighted by Crippen LogP contribution is 2.41. The summed E-state index contributed by atoms with van der Waals surface area (Å²) in [5, 5.41) is 0. The zero-order valence-corrected chi connectivity index (χ0v) is 21.9. The van der Waals surface area contributed by atoms with Crippen molar-refractivity contribution < 1.29 is 19.1 Å². The van der Waals surface area contributed by atoms with Gasteiger partial charge in [0.1, 0.15) is 13.1 Å². The molecule has 0 aliphatic heterocycles. The van der Waals surface area contributed by atoms with Crippen molar-refractivity contribution in [3.8, 4) is 11.4 Å². The number of carbonyl (C=O) groups excluding carboxylic acids is 2.